The molecule has 0 saturated heterocycles. The zero-order valence-electron chi connectivity index (χ0n) is 20.5. The first kappa shape index (κ1) is 20.4. The fourth-order valence-corrected chi connectivity index (χ4v) is 6.53. The van der Waals surface area contributed by atoms with Crippen molar-refractivity contribution in [3.05, 3.63) is 113 Å². The molecule has 0 fully saturated rings. The fourth-order valence-electron chi connectivity index (χ4n) is 6.53. The van der Waals surface area contributed by atoms with Gasteiger partial charge in [-0.25, -0.2) is 4.99 Å². The SMILES string of the molecule is CC1(C)c2ccccc2-c2c1ccc1c2c2ccccc2n1C1=NC(=N)C2=C(N)c3ccccc3C2=N1. The number of hydrogen-bond donors (Lipinski definition) is 2. The van der Waals surface area contributed by atoms with Gasteiger partial charge in [-0.15, -0.1) is 0 Å². The van der Waals surface area contributed by atoms with Gasteiger partial charge in [0.05, 0.1) is 28.0 Å². The molecular weight excluding hydrogens is 454 g/mol. The van der Waals surface area contributed by atoms with E-state index in [9.17, 15) is 0 Å². The third-order valence-electron chi connectivity index (χ3n) is 8.22. The lowest BCUT2D eigenvalue weighted by molar-refractivity contribution is 0.661. The van der Waals surface area contributed by atoms with Crippen LogP contribution in [0.2, 0.25) is 0 Å². The van der Waals surface area contributed by atoms with Crippen LogP contribution in [0, 0.1) is 5.41 Å². The average molecular weight is 478 g/mol. The van der Waals surface area contributed by atoms with E-state index in [0.29, 0.717) is 17.2 Å². The van der Waals surface area contributed by atoms with E-state index in [4.69, 9.17) is 21.1 Å². The second kappa shape index (κ2) is 6.71. The Hall–Kier alpha value is -4.77. The molecule has 176 valence electrons. The van der Waals surface area contributed by atoms with Gasteiger partial charge in [0.1, 0.15) is 0 Å². The van der Waals surface area contributed by atoms with Gasteiger partial charge in [-0.1, -0.05) is 86.6 Å². The van der Waals surface area contributed by atoms with Gasteiger partial charge in [0, 0.05) is 27.3 Å². The summed E-state index contributed by atoms with van der Waals surface area (Å²) in [7, 11) is 0. The first-order valence-electron chi connectivity index (χ1n) is 12.5. The Morgan fingerprint density at radius 3 is 2.27 bits per heavy atom. The number of nitrogens with zero attached hydrogens (tertiary/aromatic N) is 3. The van der Waals surface area contributed by atoms with E-state index in [1.165, 1.54) is 27.6 Å². The Morgan fingerprint density at radius 2 is 1.43 bits per heavy atom. The number of hydrogen-bond acceptors (Lipinski definition) is 3. The minimum Gasteiger partial charge on any atom is -0.398 e. The zero-order valence-corrected chi connectivity index (χ0v) is 20.5. The van der Waals surface area contributed by atoms with E-state index in [1.54, 1.807) is 0 Å². The van der Waals surface area contributed by atoms with Crippen LogP contribution in [-0.4, -0.2) is 22.1 Å². The van der Waals surface area contributed by atoms with Crippen molar-refractivity contribution >= 4 is 45.0 Å². The number of benzene rings is 4. The largest absolute Gasteiger partial charge is 0.398 e. The molecule has 2 heterocycles. The van der Waals surface area contributed by atoms with Crippen LogP contribution in [0.5, 0.6) is 0 Å². The number of para-hydroxylation sites is 1. The van der Waals surface area contributed by atoms with Crippen LogP contribution < -0.4 is 5.73 Å². The van der Waals surface area contributed by atoms with E-state index >= 15 is 0 Å². The van der Waals surface area contributed by atoms with Crippen LogP contribution in [0.4, 0.5) is 0 Å². The normalized spacial score (nSPS) is 17.0. The highest BCUT2D eigenvalue weighted by atomic mass is 15.2. The van der Waals surface area contributed by atoms with Crippen LogP contribution in [-0.2, 0) is 5.41 Å². The number of nitrogens with two attached hydrogens (primary N) is 1. The van der Waals surface area contributed by atoms with Gasteiger partial charge in [-0.05, 0) is 34.4 Å². The number of aliphatic imine (C=N–C) groups is 2. The molecule has 3 aliphatic rings. The molecule has 5 nitrogen and oxygen atoms in total. The smallest absolute Gasteiger partial charge is 0.237 e. The van der Waals surface area contributed by atoms with Crippen LogP contribution in [0.1, 0.15) is 36.1 Å². The molecule has 5 heteroatoms. The number of aromatic nitrogens is 1. The van der Waals surface area contributed by atoms with Gasteiger partial charge in [-0.3, -0.25) is 9.98 Å². The molecule has 5 aromatic rings. The highest BCUT2D eigenvalue weighted by Crippen LogP contribution is 2.52. The predicted molar refractivity (Wildman–Crippen MR) is 152 cm³/mol. The molecule has 0 radical (unpaired) electrons. The highest BCUT2D eigenvalue weighted by molar-refractivity contribution is 6.42. The molecule has 0 bridgehead atoms. The second-order valence-electron chi connectivity index (χ2n) is 10.5. The zero-order chi connectivity index (χ0) is 25.1. The van der Waals surface area contributed by atoms with Gasteiger partial charge in [0.15, 0.2) is 5.84 Å². The predicted octanol–water partition coefficient (Wildman–Crippen LogP) is 6.47. The van der Waals surface area contributed by atoms with E-state index < -0.39 is 0 Å². The first-order chi connectivity index (χ1) is 18.0. The molecule has 1 aliphatic heterocycles. The Balaban J connectivity index is 1.47. The third kappa shape index (κ3) is 2.41. The van der Waals surface area contributed by atoms with Gasteiger partial charge < -0.3 is 5.73 Å². The third-order valence-corrected chi connectivity index (χ3v) is 8.22. The van der Waals surface area contributed by atoms with Gasteiger partial charge in [0.2, 0.25) is 5.96 Å². The lowest BCUT2D eigenvalue weighted by Crippen LogP contribution is -2.23. The lowest BCUT2D eigenvalue weighted by atomic mass is 9.82. The van der Waals surface area contributed by atoms with Crippen molar-refractivity contribution in [1.29, 1.82) is 5.41 Å². The fraction of sp³-hybridized carbons (Fsp3) is 0.0938. The van der Waals surface area contributed by atoms with E-state index in [0.717, 1.165) is 33.3 Å². The van der Waals surface area contributed by atoms with Crippen LogP contribution in [0.3, 0.4) is 0 Å². The summed E-state index contributed by atoms with van der Waals surface area (Å²) in [6, 6.07) is 29.5. The molecule has 2 aliphatic carbocycles. The van der Waals surface area contributed by atoms with Crippen LogP contribution in [0.25, 0.3) is 38.6 Å². The summed E-state index contributed by atoms with van der Waals surface area (Å²) in [4.78, 5) is 9.75. The van der Waals surface area contributed by atoms with E-state index in [-0.39, 0.29) is 11.3 Å². The molecule has 8 rings (SSSR count). The summed E-state index contributed by atoms with van der Waals surface area (Å²) >= 11 is 0. The molecule has 0 saturated carbocycles. The molecule has 37 heavy (non-hydrogen) atoms. The Bertz CT molecular complexity index is 1980. The molecule has 0 spiro atoms. The minimum atomic E-state index is -0.0845. The summed E-state index contributed by atoms with van der Waals surface area (Å²) in [5.41, 5.74) is 17.4. The Morgan fingerprint density at radius 1 is 0.730 bits per heavy atom. The van der Waals surface area contributed by atoms with Crippen molar-refractivity contribution in [2.75, 3.05) is 0 Å². The Labute approximate surface area is 213 Å². The van der Waals surface area contributed by atoms with Crippen molar-refractivity contribution in [2.24, 2.45) is 15.7 Å². The maximum absolute atomic E-state index is 8.82. The molecule has 0 amide bonds. The van der Waals surface area contributed by atoms with E-state index in [2.05, 4.69) is 73.0 Å². The highest BCUT2D eigenvalue weighted by Gasteiger charge is 2.38. The van der Waals surface area contributed by atoms with Crippen molar-refractivity contribution in [2.45, 2.75) is 19.3 Å². The molecule has 0 atom stereocenters. The van der Waals surface area contributed by atoms with Crippen molar-refractivity contribution in [1.82, 2.24) is 4.57 Å². The maximum atomic E-state index is 8.82. The van der Waals surface area contributed by atoms with Crippen LogP contribution >= 0.6 is 0 Å². The van der Waals surface area contributed by atoms with Gasteiger partial charge in [0.25, 0.3) is 0 Å². The number of amidine groups is 1. The quantitative estimate of drug-likeness (QED) is 0.263. The van der Waals surface area contributed by atoms with Crippen molar-refractivity contribution in [3.63, 3.8) is 0 Å². The van der Waals surface area contributed by atoms with Gasteiger partial charge >= 0.3 is 0 Å². The second-order valence-corrected chi connectivity index (χ2v) is 10.5. The molecular formula is C32H23N5. The number of rotatable bonds is 0. The number of nitrogens with one attached hydrogen (secondary N) is 1. The Kier molecular flexibility index (Phi) is 3.70. The topological polar surface area (TPSA) is 79.5 Å². The summed E-state index contributed by atoms with van der Waals surface area (Å²) in [6.45, 7) is 4.61. The summed E-state index contributed by atoms with van der Waals surface area (Å²) in [5.74, 6) is 0.636. The number of fused-ring (bicyclic) bond motifs is 10. The maximum Gasteiger partial charge on any atom is 0.237 e. The summed E-state index contributed by atoms with van der Waals surface area (Å²) in [6.07, 6.45) is 0. The lowest BCUT2D eigenvalue weighted by Gasteiger charge is -2.21. The standard InChI is InChI=1S/C32H23N5/c1-32(2)21-13-7-5-11-19(21)25-22(32)15-16-24-26(25)20-12-6-8-14-23(20)37(24)31-35-29-18-10-4-3-9-17(18)28(33)27(29)30(34)36-31/h3-16,34H,33H2,1-2H3. The first-order valence-corrected chi connectivity index (χ1v) is 12.5. The van der Waals surface area contributed by atoms with Crippen LogP contribution in [0.15, 0.2) is 100 Å². The summed E-state index contributed by atoms with van der Waals surface area (Å²) < 4.78 is 2.11. The van der Waals surface area contributed by atoms with Gasteiger partial charge in [-0.2, -0.15) is 4.99 Å². The van der Waals surface area contributed by atoms with Crippen molar-refractivity contribution < 1.29 is 0 Å². The summed E-state index contributed by atoms with van der Waals surface area (Å²) in [5, 5.41) is 11.2. The van der Waals surface area contributed by atoms with Crippen molar-refractivity contribution in [3.8, 4) is 11.1 Å². The molecule has 1 aromatic heterocycles. The minimum absolute atomic E-state index is 0.0845. The average Bonchev–Trinajstić information content (AvgIpc) is 3.48. The molecule has 3 N–H and O–H groups in total. The van der Waals surface area contributed by atoms with E-state index in [1.807, 2.05) is 30.3 Å². The monoisotopic (exact) mass is 477 g/mol. The molecule has 0 unspecified atom stereocenters. The molecule has 4 aromatic carbocycles.